The summed E-state index contributed by atoms with van der Waals surface area (Å²) in [5, 5.41) is 1.00. The number of imide groups is 1. The summed E-state index contributed by atoms with van der Waals surface area (Å²) >= 11 is 18.8. The molecule has 3 aromatic carbocycles. The standard InChI is InChI=1S/C23H15Cl3N2O2/c1-27(15-7-3-2-4-8-15)21-20(16-12-11-14(24)13-18(16)26)22(29)28(23(21)30)19-10-6-5-9-17(19)25/h2-13H,1H3. The molecule has 1 heterocycles. The lowest BCUT2D eigenvalue weighted by Gasteiger charge is -2.22. The summed E-state index contributed by atoms with van der Waals surface area (Å²) in [4.78, 5) is 29.8. The van der Waals surface area contributed by atoms with Gasteiger partial charge in [-0.1, -0.05) is 71.2 Å². The molecule has 0 unspecified atom stereocenters. The van der Waals surface area contributed by atoms with Crippen LogP contribution in [0.3, 0.4) is 0 Å². The summed E-state index contributed by atoms with van der Waals surface area (Å²) in [6.07, 6.45) is 0. The molecule has 4 nitrogen and oxygen atoms in total. The predicted octanol–water partition coefficient (Wildman–Crippen LogP) is 6.07. The number of anilines is 2. The fourth-order valence-electron chi connectivity index (χ4n) is 3.40. The van der Waals surface area contributed by atoms with Crippen LogP contribution in [0.5, 0.6) is 0 Å². The van der Waals surface area contributed by atoms with Crippen LogP contribution in [-0.2, 0) is 9.59 Å². The molecule has 7 heteroatoms. The van der Waals surface area contributed by atoms with E-state index in [0.29, 0.717) is 21.3 Å². The van der Waals surface area contributed by atoms with E-state index in [4.69, 9.17) is 34.8 Å². The summed E-state index contributed by atoms with van der Waals surface area (Å²) < 4.78 is 0. The van der Waals surface area contributed by atoms with E-state index < -0.39 is 11.8 Å². The first-order valence-electron chi connectivity index (χ1n) is 9.02. The molecule has 0 N–H and O–H groups in total. The van der Waals surface area contributed by atoms with Crippen molar-refractivity contribution in [3.8, 4) is 0 Å². The summed E-state index contributed by atoms with van der Waals surface area (Å²) in [5.74, 6) is -0.990. The molecule has 0 saturated carbocycles. The first-order chi connectivity index (χ1) is 14.4. The first kappa shape index (κ1) is 20.5. The molecule has 0 aromatic heterocycles. The van der Waals surface area contributed by atoms with Gasteiger partial charge in [0.25, 0.3) is 11.8 Å². The highest BCUT2D eigenvalue weighted by Crippen LogP contribution is 2.40. The van der Waals surface area contributed by atoms with E-state index in [0.717, 1.165) is 10.6 Å². The van der Waals surface area contributed by atoms with Crippen molar-refractivity contribution in [3.63, 3.8) is 0 Å². The molecule has 150 valence electrons. The topological polar surface area (TPSA) is 40.6 Å². The van der Waals surface area contributed by atoms with Gasteiger partial charge in [0.1, 0.15) is 5.70 Å². The Morgan fingerprint density at radius 1 is 0.767 bits per heavy atom. The van der Waals surface area contributed by atoms with E-state index in [1.807, 2.05) is 30.3 Å². The second-order valence-electron chi connectivity index (χ2n) is 6.64. The number of benzene rings is 3. The molecule has 0 radical (unpaired) electrons. The minimum atomic E-state index is -0.505. The second-order valence-corrected chi connectivity index (χ2v) is 7.89. The van der Waals surface area contributed by atoms with E-state index >= 15 is 0 Å². The number of nitrogens with zero attached hydrogens (tertiary/aromatic N) is 2. The predicted molar refractivity (Wildman–Crippen MR) is 122 cm³/mol. The fraction of sp³-hybridized carbons (Fsp3) is 0.0435. The van der Waals surface area contributed by atoms with Gasteiger partial charge in [-0.3, -0.25) is 9.59 Å². The molecule has 1 aliphatic heterocycles. The van der Waals surface area contributed by atoms with Crippen LogP contribution in [0, 0.1) is 0 Å². The largest absolute Gasteiger partial charge is 0.339 e. The monoisotopic (exact) mass is 456 g/mol. The number of carbonyl (C=O) groups is 2. The molecule has 0 bridgehead atoms. The van der Waals surface area contributed by atoms with Crippen molar-refractivity contribution < 1.29 is 9.59 Å². The molecule has 3 aromatic rings. The third-order valence-corrected chi connectivity index (χ3v) is 5.70. The highest BCUT2D eigenvalue weighted by Gasteiger charge is 2.43. The Morgan fingerprint density at radius 3 is 2.10 bits per heavy atom. The third kappa shape index (κ3) is 3.47. The maximum Gasteiger partial charge on any atom is 0.282 e. The maximum absolute atomic E-state index is 13.5. The van der Waals surface area contributed by atoms with Crippen molar-refractivity contribution in [2.75, 3.05) is 16.8 Å². The Hall–Kier alpha value is -2.79. The Labute approximate surface area is 188 Å². The van der Waals surface area contributed by atoms with E-state index in [1.54, 1.807) is 54.4 Å². The van der Waals surface area contributed by atoms with Gasteiger partial charge in [-0.2, -0.15) is 0 Å². The van der Waals surface area contributed by atoms with Gasteiger partial charge in [-0.15, -0.1) is 0 Å². The van der Waals surface area contributed by atoms with Gasteiger partial charge in [0.05, 0.1) is 21.3 Å². The Kier molecular flexibility index (Phi) is 5.56. The summed E-state index contributed by atoms with van der Waals surface area (Å²) in [7, 11) is 1.73. The van der Waals surface area contributed by atoms with Crippen LogP contribution >= 0.6 is 34.8 Å². The van der Waals surface area contributed by atoms with E-state index in [9.17, 15) is 9.59 Å². The molecule has 1 aliphatic rings. The molecule has 0 spiro atoms. The minimum absolute atomic E-state index is 0.188. The van der Waals surface area contributed by atoms with Crippen molar-refractivity contribution in [1.82, 2.24) is 0 Å². The molecule has 2 amide bonds. The number of carbonyl (C=O) groups excluding carboxylic acids is 2. The van der Waals surface area contributed by atoms with Gasteiger partial charge >= 0.3 is 0 Å². The number of hydrogen-bond donors (Lipinski definition) is 0. The van der Waals surface area contributed by atoms with Gasteiger partial charge in [-0.25, -0.2) is 4.90 Å². The van der Waals surface area contributed by atoms with Gasteiger partial charge in [0, 0.05) is 23.3 Å². The number of halogens is 3. The van der Waals surface area contributed by atoms with Crippen molar-refractivity contribution in [1.29, 1.82) is 0 Å². The van der Waals surface area contributed by atoms with Gasteiger partial charge in [-0.05, 0) is 36.4 Å². The van der Waals surface area contributed by atoms with Crippen molar-refractivity contribution in [3.05, 3.63) is 99.1 Å². The lowest BCUT2D eigenvalue weighted by molar-refractivity contribution is -0.120. The maximum atomic E-state index is 13.5. The molecule has 0 fully saturated rings. The van der Waals surface area contributed by atoms with Crippen LogP contribution in [0.25, 0.3) is 5.57 Å². The van der Waals surface area contributed by atoms with Crippen LogP contribution < -0.4 is 9.80 Å². The zero-order chi connectivity index (χ0) is 21.4. The lowest BCUT2D eigenvalue weighted by Crippen LogP contribution is -2.34. The third-order valence-electron chi connectivity index (χ3n) is 4.83. The summed E-state index contributed by atoms with van der Waals surface area (Å²) in [5.41, 5.74) is 1.88. The molecule has 0 aliphatic carbocycles. The highest BCUT2D eigenvalue weighted by molar-refractivity contribution is 6.49. The molecule has 0 atom stereocenters. The van der Waals surface area contributed by atoms with Crippen LogP contribution in [-0.4, -0.2) is 18.9 Å². The van der Waals surface area contributed by atoms with Gasteiger partial charge in [0.2, 0.25) is 0 Å². The van der Waals surface area contributed by atoms with Crippen molar-refractivity contribution in [2.45, 2.75) is 0 Å². The minimum Gasteiger partial charge on any atom is -0.339 e. The molecule has 0 saturated heterocycles. The van der Waals surface area contributed by atoms with E-state index in [1.165, 1.54) is 0 Å². The average molecular weight is 458 g/mol. The van der Waals surface area contributed by atoms with Gasteiger partial charge < -0.3 is 4.90 Å². The van der Waals surface area contributed by atoms with Crippen LogP contribution in [0.1, 0.15) is 5.56 Å². The molecule has 30 heavy (non-hydrogen) atoms. The Bertz CT molecular complexity index is 1190. The second kappa shape index (κ2) is 8.15. The number of rotatable bonds is 4. The number of hydrogen-bond acceptors (Lipinski definition) is 3. The van der Waals surface area contributed by atoms with Crippen molar-refractivity contribution >= 4 is 63.6 Å². The van der Waals surface area contributed by atoms with Crippen molar-refractivity contribution in [2.24, 2.45) is 0 Å². The smallest absolute Gasteiger partial charge is 0.282 e. The Balaban J connectivity index is 1.94. The zero-order valence-corrected chi connectivity index (χ0v) is 18.0. The molecular weight excluding hydrogens is 443 g/mol. The number of para-hydroxylation sites is 2. The quantitative estimate of drug-likeness (QED) is 0.447. The molecular formula is C23H15Cl3N2O2. The van der Waals surface area contributed by atoms with Crippen LogP contribution in [0.2, 0.25) is 15.1 Å². The molecule has 4 rings (SSSR count). The van der Waals surface area contributed by atoms with Crippen LogP contribution in [0.15, 0.2) is 78.5 Å². The van der Waals surface area contributed by atoms with E-state index in [-0.39, 0.29) is 16.3 Å². The lowest BCUT2D eigenvalue weighted by atomic mass is 10.0. The highest BCUT2D eigenvalue weighted by atomic mass is 35.5. The summed E-state index contributed by atoms with van der Waals surface area (Å²) in [6, 6.07) is 20.8. The number of amides is 2. The normalized spacial score (nSPS) is 13.9. The number of likely N-dealkylation sites (N-methyl/N-ethyl adjacent to an activating group) is 1. The van der Waals surface area contributed by atoms with Crippen LogP contribution in [0.4, 0.5) is 11.4 Å². The Morgan fingerprint density at radius 2 is 1.43 bits per heavy atom. The average Bonchev–Trinajstić information content (AvgIpc) is 2.99. The summed E-state index contributed by atoms with van der Waals surface area (Å²) in [6.45, 7) is 0. The fourth-order valence-corrected chi connectivity index (χ4v) is 4.12. The first-order valence-corrected chi connectivity index (χ1v) is 10.2. The SMILES string of the molecule is CN(C1=C(c2ccc(Cl)cc2Cl)C(=O)N(c2ccccc2Cl)C1=O)c1ccccc1. The zero-order valence-electron chi connectivity index (χ0n) is 15.8. The van der Waals surface area contributed by atoms with Gasteiger partial charge in [0.15, 0.2) is 0 Å². The van der Waals surface area contributed by atoms with E-state index in [2.05, 4.69) is 0 Å².